The number of benzene rings is 1. The average Bonchev–Trinajstić information content (AvgIpc) is 2.07. The van der Waals surface area contributed by atoms with Gasteiger partial charge < -0.3 is 4.74 Å². The van der Waals surface area contributed by atoms with E-state index in [0.717, 1.165) is 27.4 Å². The SMILES string of the molecule is CCCOc1cc(Cl)ccc1I. The van der Waals surface area contributed by atoms with Crippen LogP contribution in [0.1, 0.15) is 13.3 Å². The van der Waals surface area contributed by atoms with Gasteiger partial charge in [0, 0.05) is 5.02 Å². The maximum atomic E-state index is 5.81. The van der Waals surface area contributed by atoms with Crippen molar-refractivity contribution >= 4 is 34.2 Å². The number of ether oxygens (including phenoxy) is 1. The van der Waals surface area contributed by atoms with Crippen LogP contribution >= 0.6 is 34.2 Å². The number of hydrogen-bond donors (Lipinski definition) is 0. The molecule has 0 amide bonds. The topological polar surface area (TPSA) is 9.23 Å². The van der Waals surface area contributed by atoms with Crippen molar-refractivity contribution in [2.45, 2.75) is 13.3 Å². The fourth-order valence-electron chi connectivity index (χ4n) is 0.800. The molecule has 0 unspecified atom stereocenters. The molecule has 0 spiro atoms. The van der Waals surface area contributed by atoms with Crippen molar-refractivity contribution in [2.24, 2.45) is 0 Å². The van der Waals surface area contributed by atoms with Crippen LogP contribution in [0.5, 0.6) is 5.75 Å². The molecule has 0 aliphatic carbocycles. The summed E-state index contributed by atoms with van der Waals surface area (Å²) in [5.41, 5.74) is 0. The Morgan fingerprint density at radius 3 is 2.92 bits per heavy atom. The molecule has 0 radical (unpaired) electrons. The molecule has 0 N–H and O–H groups in total. The Kier molecular flexibility index (Phi) is 4.15. The number of hydrogen-bond acceptors (Lipinski definition) is 1. The van der Waals surface area contributed by atoms with Crippen molar-refractivity contribution in [2.75, 3.05) is 6.61 Å². The summed E-state index contributed by atoms with van der Waals surface area (Å²) in [6.45, 7) is 2.83. The van der Waals surface area contributed by atoms with Crippen molar-refractivity contribution in [1.82, 2.24) is 0 Å². The van der Waals surface area contributed by atoms with Crippen LogP contribution in [0.2, 0.25) is 5.02 Å². The molecule has 0 bridgehead atoms. The molecule has 0 heterocycles. The lowest BCUT2D eigenvalue weighted by Gasteiger charge is -2.06. The highest BCUT2D eigenvalue weighted by Gasteiger charge is 2.00. The molecule has 0 saturated heterocycles. The minimum absolute atomic E-state index is 0.724. The molecule has 0 aliphatic heterocycles. The predicted molar refractivity (Wildman–Crippen MR) is 60.0 cm³/mol. The molecular formula is C9H10ClIO. The van der Waals surface area contributed by atoms with Crippen LogP contribution in [-0.2, 0) is 0 Å². The Labute approximate surface area is 91.2 Å². The Morgan fingerprint density at radius 2 is 2.25 bits per heavy atom. The van der Waals surface area contributed by atoms with E-state index in [1.54, 1.807) is 0 Å². The quantitative estimate of drug-likeness (QED) is 0.772. The second-order valence-electron chi connectivity index (χ2n) is 2.42. The molecule has 0 saturated carbocycles. The van der Waals surface area contributed by atoms with Gasteiger partial charge in [-0.1, -0.05) is 18.5 Å². The largest absolute Gasteiger partial charge is 0.492 e. The van der Waals surface area contributed by atoms with Crippen LogP contribution in [0.4, 0.5) is 0 Å². The molecule has 0 aliphatic rings. The molecular weight excluding hydrogens is 286 g/mol. The third-order valence-corrected chi connectivity index (χ3v) is 2.48. The van der Waals surface area contributed by atoms with Crippen LogP contribution in [0.3, 0.4) is 0 Å². The Hall–Kier alpha value is 0.0400. The second kappa shape index (κ2) is 4.92. The summed E-state index contributed by atoms with van der Waals surface area (Å²) in [5, 5.41) is 0.724. The fraction of sp³-hybridized carbons (Fsp3) is 0.333. The zero-order valence-electron chi connectivity index (χ0n) is 6.81. The summed E-state index contributed by atoms with van der Waals surface area (Å²) in [5.74, 6) is 0.880. The zero-order valence-corrected chi connectivity index (χ0v) is 9.72. The summed E-state index contributed by atoms with van der Waals surface area (Å²) in [7, 11) is 0. The average molecular weight is 297 g/mol. The van der Waals surface area contributed by atoms with Crippen LogP contribution in [-0.4, -0.2) is 6.61 Å². The highest BCUT2D eigenvalue weighted by atomic mass is 127. The van der Waals surface area contributed by atoms with E-state index in [1.807, 2.05) is 18.2 Å². The van der Waals surface area contributed by atoms with E-state index in [2.05, 4.69) is 29.5 Å². The van der Waals surface area contributed by atoms with Crippen molar-refractivity contribution < 1.29 is 4.74 Å². The lowest BCUT2D eigenvalue weighted by Crippen LogP contribution is -1.96. The van der Waals surface area contributed by atoms with Gasteiger partial charge in [0.1, 0.15) is 5.75 Å². The van der Waals surface area contributed by atoms with Crippen LogP contribution < -0.4 is 4.74 Å². The van der Waals surface area contributed by atoms with Gasteiger partial charge in [-0.25, -0.2) is 0 Å². The van der Waals surface area contributed by atoms with E-state index >= 15 is 0 Å². The summed E-state index contributed by atoms with van der Waals surface area (Å²) < 4.78 is 6.58. The lowest BCUT2D eigenvalue weighted by atomic mass is 10.3. The number of rotatable bonds is 3. The van der Waals surface area contributed by atoms with Gasteiger partial charge >= 0.3 is 0 Å². The zero-order chi connectivity index (χ0) is 8.97. The minimum Gasteiger partial charge on any atom is -0.492 e. The van der Waals surface area contributed by atoms with E-state index < -0.39 is 0 Å². The first-order valence-electron chi connectivity index (χ1n) is 3.82. The molecule has 3 heteroatoms. The van der Waals surface area contributed by atoms with Gasteiger partial charge in [0.25, 0.3) is 0 Å². The van der Waals surface area contributed by atoms with Gasteiger partial charge in [0.15, 0.2) is 0 Å². The molecule has 1 aromatic rings. The van der Waals surface area contributed by atoms with E-state index in [4.69, 9.17) is 16.3 Å². The first-order chi connectivity index (χ1) is 5.74. The number of halogens is 2. The van der Waals surface area contributed by atoms with Crippen LogP contribution in [0.15, 0.2) is 18.2 Å². The van der Waals surface area contributed by atoms with Crippen LogP contribution in [0.25, 0.3) is 0 Å². The maximum Gasteiger partial charge on any atom is 0.134 e. The molecule has 1 aromatic carbocycles. The monoisotopic (exact) mass is 296 g/mol. The first kappa shape index (κ1) is 10.1. The standard InChI is InChI=1S/C9H10ClIO/c1-2-5-12-9-6-7(10)3-4-8(9)11/h3-4,6H,2,5H2,1H3. The Morgan fingerprint density at radius 1 is 1.50 bits per heavy atom. The summed E-state index contributed by atoms with van der Waals surface area (Å²) in [6.07, 6.45) is 1.02. The van der Waals surface area contributed by atoms with Crippen molar-refractivity contribution in [3.8, 4) is 5.75 Å². The van der Waals surface area contributed by atoms with Crippen LogP contribution in [0, 0.1) is 3.57 Å². The Balaban J connectivity index is 2.75. The maximum absolute atomic E-state index is 5.81. The van der Waals surface area contributed by atoms with Gasteiger partial charge in [-0.15, -0.1) is 0 Å². The third kappa shape index (κ3) is 2.83. The second-order valence-corrected chi connectivity index (χ2v) is 4.02. The smallest absolute Gasteiger partial charge is 0.134 e. The van der Waals surface area contributed by atoms with Crippen molar-refractivity contribution in [3.05, 3.63) is 26.8 Å². The summed E-state index contributed by atoms with van der Waals surface area (Å²) in [4.78, 5) is 0. The molecule has 1 nitrogen and oxygen atoms in total. The predicted octanol–water partition coefficient (Wildman–Crippen LogP) is 3.73. The first-order valence-corrected chi connectivity index (χ1v) is 5.27. The normalized spacial score (nSPS) is 9.92. The van der Waals surface area contributed by atoms with Gasteiger partial charge in [-0.3, -0.25) is 0 Å². The van der Waals surface area contributed by atoms with Gasteiger partial charge in [0.05, 0.1) is 10.2 Å². The van der Waals surface area contributed by atoms with Crippen molar-refractivity contribution in [1.29, 1.82) is 0 Å². The van der Waals surface area contributed by atoms with E-state index in [1.165, 1.54) is 0 Å². The fourth-order valence-corrected chi connectivity index (χ4v) is 1.45. The van der Waals surface area contributed by atoms with Gasteiger partial charge in [-0.05, 0) is 47.2 Å². The molecule has 1 rings (SSSR count). The van der Waals surface area contributed by atoms with Crippen molar-refractivity contribution in [3.63, 3.8) is 0 Å². The Bertz CT molecular complexity index is 263. The molecule has 0 fully saturated rings. The lowest BCUT2D eigenvalue weighted by molar-refractivity contribution is 0.315. The molecule has 0 aromatic heterocycles. The molecule has 12 heavy (non-hydrogen) atoms. The van der Waals surface area contributed by atoms with E-state index in [-0.39, 0.29) is 0 Å². The van der Waals surface area contributed by atoms with Gasteiger partial charge in [-0.2, -0.15) is 0 Å². The summed E-state index contributed by atoms with van der Waals surface area (Å²) in [6, 6.07) is 5.66. The highest BCUT2D eigenvalue weighted by Crippen LogP contribution is 2.24. The van der Waals surface area contributed by atoms with Gasteiger partial charge in [0.2, 0.25) is 0 Å². The highest BCUT2D eigenvalue weighted by molar-refractivity contribution is 14.1. The molecule has 66 valence electrons. The van der Waals surface area contributed by atoms with E-state index in [9.17, 15) is 0 Å². The third-order valence-electron chi connectivity index (χ3n) is 1.35. The molecule has 0 atom stereocenters. The summed E-state index contributed by atoms with van der Waals surface area (Å²) >= 11 is 8.05. The van der Waals surface area contributed by atoms with E-state index in [0.29, 0.717) is 0 Å². The minimum atomic E-state index is 0.724.